The van der Waals surface area contributed by atoms with Gasteiger partial charge in [0, 0.05) is 62.0 Å². The lowest BCUT2D eigenvalue weighted by atomic mass is 9.66. The predicted octanol–water partition coefficient (Wildman–Crippen LogP) is 2.46. The molecule has 10 heteroatoms. The van der Waals surface area contributed by atoms with Crippen LogP contribution in [0, 0.1) is 11.3 Å². The van der Waals surface area contributed by atoms with Gasteiger partial charge in [0.1, 0.15) is 23.8 Å². The Balaban J connectivity index is 1.28. The first-order chi connectivity index (χ1) is 18.4. The molecule has 1 aliphatic carbocycles. The number of hydrogen-bond donors (Lipinski definition) is 0. The quantitative estimate of drug-likeness (QED) is 0.606. The number of morpholine rings is 1. The van der Waals surface area contributed by atoms with E-state index in [1.54, 1.807) is 18.6 Å². The van der Waals surface area contributed by atoms with Gasteiger partial charge in [-0.1, -0.05) is 6.42 Å². The van der Waals surface area contributed by atoms with Crippen molar-refractivity contribution in [3.63, 3.8) is 0 Å². The number of anilines is 3. The zero-order chi connectivity index (χ0) is 26.4. The fourth-order valence-corrected chi connectivity index (χ4v) is 6.65. The third-order valence-corrected chi connectivity index (χ3v) is 9.01. The molecule has 3 atom stereocenters. The first-order valence-electron chi connectivity index (χ1n) is 13.8. The van der Waals surface area contributed by atoms with Crippen LogP contribution in [0.4, 0.5) is 17.5 Å². The van der Waals surface area contributed by atoms with Crippen LogP contribution in [0.3, 0.4) is 0 Å². The second-order valence-electron chi connectivity index (χ2n) is 11.3. The summed E-state index contributed by atoms with van der Waals surface area (Å²) < 4.78 is 5.48. The van der Waals surface area contributed by atoms with Gasteiger partial charge in [-0.05, 0) is 45.7 Å². The Morgan fingerprint density at radius 1 is 1.13 bits per heavy atom. The Kier molecular flexibility index (Phi) is 6.44. The summed E-state index contributed by atoms with van der Waals surface area (Å²) in [6.45, 7) is 11.5. The summed E-state index contributed by atoms with van der Waals surface area (Å²) in [7, 11) is 0. The predicted molar refractivity (Wildman–Crippen MR) is 143 cm³/mol. The maximum absolute atomic E-state index is 13.6. The Morgan fingerprint density at radius 3 is 2.61 bits per heavy atom. The van der Waals surface area contributed by atoms with Crippen molar-refractivity contribution in [2.24, 2.45) is 0 Å². The molecule has 3 fully saturated rings. The molecule has 5 heterocycles. The molecule has 1 amide bonds. The Labute approximate surface area is 224 Å². The van der Waals surface area contributed by atoms with E-state index in [1.807, 2.05) is 13.0 Å². The number of nitriles is 1. The topological polar surface area (TPSA) is 102 Å². The van der Waals surface area contributed by atoms with E-state index in [0.29, 0.717) is 25.3 Å². The maximum Gasteiger partial charge on any atom is 0.240 e. The van der Waals surface area contributed by atoms with Gasteiger partial charge in [-0.3, -0.25) is 9.69 Å². The van der Waals surface area contributed by atoms with Gasteiger partial charge in [0.2, 0.25) is 5.91 Å². The van der Waals surface area contributed by atoms with Crippen LogP contribution in [0.1, 0.15) is 51.2 Å². The SMILES string of the molecule is CC(C(=O)N1C[C@H](C)N(c2ncnc3c2C2(CCC2)CN3c2cc(C#N)ccn2)C[C@H]1C)N1CCOCC1. The smallest absolute Gasteiger partial charge is 0.240 e. The number of rotatable bonds is 4. The highest BCUT2D eigenvalue weighted by Gasteiger charge is 2.52. The number of carbonyl (C=O) groups excluding carboxylic acids is 1. The lowest BCUT2D eigenvalue weighted by molar-refractivity contribution is -0.141. The minimum atomic E-state index is -0.146. The van der Waals surface area contributed by atoms with Crippen molar-refractivity contribution in [3.05, 3.63) is 35.8 Å². The van der Waals surface area contributed by atoms with E-state index in [2.05, 4.69) is 44.5 Å². The zero-order valence-corrected chi connectivity index (χ0v) is 22.5. The van der Waals surface area contributed by atoms with Gasteiger partial charge in [-0.15, -0.1) is 0 Å². The summed E-state index contributed by atoms with van der Waals surface area (Å²) >= 11 is 0. The minimum absolute atomic E-state index is 0.00296. The van der Waals surface area contributed by atoms with Crippen LogP contribution in [0.5, 0.6) is 0 Å². The molecular formula is C28H36N8O2. The van der Waals surface area contributed by atoms with Gasteiger partial charge in [-0.2, -0.15) is 5.26 Å². The highest BCUT2D eigenvalue weighted by molar-refractivity contribution is 5.82. The molecule has 2 aromatic rings. The summed E-state index contributed by atoms with van der Waals surface area (Å²) in [5.41, 5.74) is 1.79. The summed E-state index contributed by atoms with van der Waals surface area (Å²) in [5, 5.41) is 9.43. The Bertz CT molecular complexity index is 1250. The highest BCUT2D eigenvalue weighted by atomic mass is 16.5. The molecule has 0 N–H and O–H groups in total. The first-order valence-corrected chi connectivity index (χ1v) is 13.8. The first kappa shape index (κ1) is 25.0. The molecule has 38 heavy (non-hydrogen) atoms. The van der Waals surface area contributed by atoms with Gasteiger partial charge < -0.3 is 19.4 Å². The van der Waals surface area contributed by atoms with Crippen LogP contribution in [0.25, 0.3) is 0 Å². The van der Waals surface area contributed by atoms with Gasteiger partial charge in [0.15, 0.2) is 0 Å². The molecule has 200 valence electrons. The second-order valence-corrected chi connectivity index (χ2v) is 11.3. The fourth-order valence-electron chi connectivity index (χ4n) is 6.65. The lowest BCUT2D eigenvalue weighted by Gasteiger charge is -2.48. The van der Waals surface area contributed by atoms with E-state index in [-0.39, 0.29) is 29.4 Å². The van der Waals surface area contributed by atoms with Crippen molar-refractivity contribution in [1.82, 2.24) is 24.8 Å². The summed E-state index contributed by atoms with van der Waals surface area (Å²) in [6, 6.07) is 5.84. The molecule has 4 aliphatic rings. The highest BCUT2D eigenvalue weighted by Crippen LogP contribution is 2.56. The van der Waals surface area contributed by atoms with Crippen molar-refractivity contribution in [2.45, 2.75) is 63.6 Å². The summed E-state index contributed by atoms with van der Waals surface area (Å²) in [6.07, 6.45) is 6.71. The Hall–Kier alpha value is -3.29. The molecule has 0 bridgehead atoms. The van der Waals surface area contributed by atoms with E-state index < -0.39 is 0 Å². The van der Waals surface area contributed by atoms with Crippen molar-refractivity contribution in [1.29, 1.82) is 5.26 Å². The number of ether oxygens (including phenoxy) is 1. The summed E-state index contributed by atoms with van der Waals surface area (Å²) in [4.78, 5) is 36.6. The van der Waals surface area contributed by atoms with Crippen LogP contribution in [0.15, 0.2) is 24.7 Å². The molecule has 2 aromatic heterocycles. The van der Waals surface area contributed by atoms with Crippen LogP contribution < -0.4 is 9.80 Å². The zero-order valence-electron chi connectivity index (χ0n) is 22.5. The van der Waals surface area contributed by atoms with Crippen LogP contribution in [-0.2, 0) is 14.9 Å². The van der Waals surface area contributed by atoms with E-state index in [4.69, 9.17) is 14.7 Å². The molecule has 0 aromatic carbocycles. The number of pyridine rings is 1. The Morgan fingerprint density at radius 2 is 1.89 bits per heavy atom. The molecule has 1 spiro atoms. The fraction of sp³-hybridized carbons (Fsp3) is 0.607. The van der Waals surface area contributed by atoms with Gasteiger partial charge in [-0.25, -0.2) is 15.0 Å². The third kappa shape index (κ3) is 4.09. The monoisotopic (exact) mass is 516 g/mol. The number of carbonyl (C=O) groups is 1. The van der Waals surface area contributed by atoms with E-state index in [9.17, 15) is 10.1 Å². The van der Waals surface area contributed by atoms with Gasteiger partial charge in [0.25, 0.3) is 0 Å². The summed E-state index contributed by atoms with van der Waals surface area (Å²) in [5.74, 6) is 2.84. The molecular weight excluding hydrogens is 480 g/mol. The van der Waals surface area contributed by atoms with E-state index >= 15 is 0 Å². The van der Waals surface area contributed by atoms with Crippen molar-refractivity contribution in [2.75, 3.05) is 55.7 Å². The molecule has 6 rings (SSSR count). The average molecular weight is 517 g/mol. The maximum atomic E-state index is 13.6. The number of piperazine rings is 1. The molecule has 10 nitrogen and oxygen atoms in total. The van der Waals surface area contributed by atoms with Crippen LogP contribution in [0.2, 0.25) is 0 Å². The normalized spacial score (nSPS) is 25.6. The third-order valence-electron chi connectivity index (χ3n) is 9.01. The molecule has 3 aliphatic heterocycles. The standard InChI is InChI=1S/C28H36N8O2/c1-19-16-35(27(37)21(3)33-9-11-38-12-10-33)20(2)15-34(19)25-24-26(32-18-31-25)36(17-28(24)6-4-7-28)23-13-22(14-29)5-8-30-23/h5,8,13,18-21H,4,6-7,9-12,15-17H2,1-3H3/t19-,20+,21?/m0/s1. The lowest BCUT2D eigenvalue weighted by Crippen LogP contribution is -2.62. The molecule has 0 radical (unpaired) electrons. The number of aromatic nitrogens is 3. The van der Waals surface area contributed by atoms with Crippen molar-refractivity contribution in [3.8, 4) is 6.07 Å². The van der Waals surface area contributed by atoms with Gasteiger partial charge >= 0.3 is 0 Å². The average Bonchev–Trinajstić information content (AvgIpc) is 3.30. The number of amides is 1. The number of nitrogens with zero attached hydrogens (tertiary/aromatic N) is 8. The molecule has 1 saturated carbocycles. The van der Waals surface area contributed by atoms with Crippen LogP contribution >= 0.6 is 0 Å². The molecule has 2 saturated heterocycles. The van der Waals surface area contributed by atoms with Crippen molar-refractivity contribution >= 4 is 23.4 Å². The van der Waals surface area contributed by atoms with E-state index in [1.165, 1.54) is 12.0 Å². The number of fused-ring (bicyclic) bond motifs is 2. The second kappa shape index (κ2) is 9.79. The molecule has 1 unspecified atom stereocenters. The van der Waals surface area contributed by atoms with E-state index in [0.717, 1.165) is 56.5 Å². The minimum Gasteiger partial charge on any atom is -0.379 e. The largest absolute Gasteiger partial charge is 0.379 e. The van der Waals surface area contributed by atoms with Crippen molar-refractivity contribution < 1.29 is 9.53 Å². The number of hydrogen-bond acceptors (Lipinski definition) is 9. The van der Waals surface area contributed by atoms with Gasteiger partial charge in [0.05, 0.1) is 30.9 Å². The van der Waals surface area contributed by atoms with Crippen LogP contribution in [-0.4, -0.2) is 94.7 Å².